The fourth-order valence-corrected chi connectivity index (χ4v) is 2.51. The Morgan fingerprint density at radius 2 is 2.39 bits per heavy atom. The van der Waals surface area contributed by atoms with E-state index in [-0.39, 0.29) is 16.1 Å². The van der Waals surface area contributed by atoms with Crippen LogP contribution in [0, 0.1) is 10.1 Å². The molecule has 2 rings (SSSR count). The Morgan fingerprint density at radius 1 is 1.61 bits per heavy atom. The van der Waals surface area contributed by atoms with Crippen LogP contribution in [-0.2, 0) is 11.3 Å². The molecule has 0 aromatic heterocycles. The summed E-state index contributed by atoms with van der Waals surface area (Å²) in [5.74, 6) is 0. The molecule has 1 aliphatic heterocycles. The predicted octanol–water partition coefficient (Wildman–Crippen LogP) is 2.63. The summed E-state index contributed by atoms with van der Waals surface area (Å²) in [4.78, 5) is 10.5. The molecule has 0 amide bonds. The van der Waals surface area contributed by atoms with Gasteiger partial charge in [0, 0.05) is 24.8 Å². The van der Waals surface area contributed by atoms with Gasteiger partial charge < -0.3 is 10.1 Å². The molecule has 18 heavy (non-hydrogen) atoms. The average molecular weight is 315 g/mol. The SMILES string of the molecule is CC1(NCc2cccc([N+](=O)[O-])c2Br)CCOC1. The maximum absolute atomic E-state index is 10.8. The van der Waals surface area contributed by atoms with Crippen molar-refractivity contribution in [3.8, 4) is 0 Å². The van der Waals surface area contributed by atoms with E-state index in [0.29, 0.717) is 17.6 Å². The molecule has 1 N–H and O–H groups in total. The molecule has 1 aromatic rings. The van der Waals surface area contributed by atoms with E-state index in [1.54, 1.807) is 6.07 Å². The van der Waals surface area contributed by atoms with Gasteiger partial charge in [-0.2, -0.15) is 0 Å². The van der Waals surface area contributed by atoms with Crippen LogP contribution < -0.4 is 5.32 Å². The van der Waals surface area contributed by atoms with Crippen LogP contribution in [0.2, 0.25) is 0 Å². The molecule has 5 nitrogen and oxygen atoms in total. The molecule has 1 fully saturated rings. The molecule has 1 saturated heterocycles. The van der Waals surface area contributed by atoms with Gasteiger partial charge in [-0.05, 0) is 34.8 Å². The average Bonchev–Trinajstić information content (AvgIpc) is 2.75. The molecular formula is C12H15BrN2O3. The first-order valence-corrected chi connectivity index (χ1v) is 6.56. The third kappa shape index (κ3) is 2.88. The first-order chi connectivity index (χ1) is 8.52. The number of nitro groups is 1. The predicted molar refractivity (Wildman–Crippen MR) is 71.5 cm³/mol. The second-order valence-corrected chi connectivity index (χ2v) is 5.52. The minimum Gasteiger partial charge on any atom is -0.379 e. The van der Waals surface area contributed by atoms with E-state index < -0.39 is 0 Å². The van der Waals surface area contributed by atoms with Gasteiger partial charge in [-0.3, -0.25) is 10.1 Å². The van der Waals surface area contributed by atoms with Crippen molar-refractivity contribution in [1.29, 1.82) is 0 Å². The highest BCUT2D eigenvalue weighted by molar-refractivity contribution is 9.10. The zero-order valence-electron chi connectivity index (χ0n) is 10.1. The number of ether oxygens (including phenoxy) is 1. The summed E-state index contributed by atoms with van der Waals surface area (Å²) < 4.78 is 5.90. The fraction of sp³-hybridized carbons (Fsp3) is 0.500. The van der Waals surface area contributed by atoms with Crippen LogP contribution in [0.1, 0.15) is 18.9 Å². The minimum absolute atomic E-state index is 0.0376. The van der Waals surface area contributed by atoms with E-state index >= 15 is 0 Å². The Kier molecular flexibility index (Phi) is 3.99. The summed E-state index contributed by atoms with van der Waals surface area (Å²) in [6.07, 6.45) is 0.958. The van der Waals surface area contributed by atoms with Gasteiger partial charge in [0.05, 0.1) is 16.0 Å². The van der Waals surface area contributed by atoms with Crippen molar-refractivity contribution in [3.63, 3.8) is 0 Å². The maximum Gasteiger partial charge on any atom is 0.283 e. The number of rotatable bonds is 4. The molecule has 6 heteroatoms. The van der Waals surface area contributed by atoms with Crippen molar-refractivity contribution in [3.05, 3.63) is 38.3 Å². The van der Waals surface area contributed by atoms with Gasteiger partial charge in [0.1, 0.15) is 0 Å². The smallest absolute Gasteiger partial charge is 0.283 e. The van der Waals surface area contributed by atoms with Gasteiger partial charge in [-0.15, -0.1) is 0 Å². The highest BCUT2D eigenvalue weighted by atomic mass is 79.9. The van der Waals surface area contributed by atoms with E-state index in [0.717, 1.165) is 18.6 Å². The number of nitro benzene ring substituents is 1. The number of nitrogens with zero attached hydrogens (tertiary/aromatic N) is 1. The van der Waals surface area contributed by atoms with Crippen molar-refractivity contribution in [2.45, 2.75) is 25.4 Å². The normalized spacial score (nSPS) is 23.2. The van der Waals surface area contributed by atoms with Crippen LogP contribution in [-0.4, -0.2) is 23.7 Å². The summed E-state index contributed by atoms with van der Waals surface area (Å²) in [5.41, 5.74) is 0.948. The topological polar surface area (TPSA) is 64.4 Å². The van der Waals surface area contributed by atoms with Crippen LogP contribution in [0.5, 0.6) is 0 Å². The molecule has 1 aliphatic rings. The van der Waals surface area contributed by atoms with Crippen LogP contribution in [0.25, 0.3) is 0 Å². The van der Waals surface area contributed by atoms with Crippen molar-refractivity contribution in [1.82, 2.24) is 5.32 Å². The Bertz CT molecular complexity index is 459. The lowest BCUT2D eigenvalue weighted by Gasteiger charge is -2.23. The first kappa shape index (κ1) is 13.5. The molecular weight excluding hydrogens is 300 g/mol. The molecule has 1 unspecified atom stereocenters. The van der Waals surface area contributed by atoms with Crippen LogP contribution in [0.3, 0.4) is 0 Å². The quantitative estimate of drug-likeness (QED) is 0.685. The minimum atomic E-state index is -0.381. The summed E-state index contributed by atoms with van der Waals surface area (Å²) in [5, 5.41) is 14.2. The van der Waals surface area contributed by atoms with Crippen molar-refractivity contribution in [2.75, 3.05) is 13.2 Å². The van der Waals surface area contributed by atoms with E-state index in [1.165, 1.54) is 6.07 Å². The van der Waals surface area contributed by atoms with Crippen molar-refractivity contribution < 1.29 is 9.66 Å². The summed E-state index contributed by atoms with van der Waals surface area (Å²) >= 11 is 3.30. The number of halogens is 1. The Labute approximate surface area is 114 Å². The second kappa shape index (κ2) is 5.34. The van der Waals surface area contributed by atoms with Crippen LogP contribution in [0.15, 0.2) is 22.7 Å². The van der Waals surface area contributed by atoms with Gasteiger partial charge in [0.15, 0.2) is 0 Å². The Morgan fingerprint density at radius 3 is 3.00 bits per heavy atom. The summed E-state index contributed by atoms with van der Waals surface area (Å²) in [6.45, 7) is 4.13. The van der Waals surface area contributed by atoms with E-state index in [9.17, 15) is 10.1 Å². The summed E-state index contributed by atoms with van der Waals surface area (Å²) in [6, 6.07) is 5.07. The standard InChI is InChI=1S/C12H15BrN2O3/c1-12(5-6-18-8-12)14-7-9-3-2-4-10(11(9)13)15(16)17/h2-4,14H,5-8H2,1H3. The number of benzene rings is 1. The van der Waals surface area contributed by atoms with Gasteiger partial charge in [0.2, 0.25) is 0 Å². The Hall–Kier alpha value is -0.980. The zero-order chi connectivity index (χ0) is 13.2. The van der Waals surface area contributed by atoms with Gasteiger partial charge in [-0.1, -0.05) is 12.1 Å². The number of hydrogen-bond donors (Lipinski definition) is 1. The number of hydrogen-bond acceptors (Lipinski definition) is 4. The van der Waals surface area contributed by atoms with Crippen LogP contribution in [0.4, 0.5) is 5.69 Å². The van der Waals surface area contributed by atoms with Crippen molar-refractivity contribution in [2.24, 2.45) is 0 Å². The number of nitrogens with one attached hydrogen (secondary N) is 1. The second-order valence-electron chi connectivity index (χ2n) is 4.72. The van der Waals surface area contributed by atoms with E-state index in [1.807, 2.05) is 6.07 Å². The zero-order valence-corrected chi connectivity index (χ0v) is 11.7. The molecule has 0 radical (unpaired) electrons. The largest absolute Gasteiger partial charge is 0.379 e. The third-order valence-electron chi connectivity index (χ3n) is 3.18. The molecule has 1 atom stereocenters. The monoisotopic (exact) mass is 314 g/mol. The van der Waals surface area contributed by atoms with Crippen molar-refractivity contribution >= 4 is 21.6 Å². The first-order valence-electron chi connectivity index (χ1n) is 5.76. The maximum atomic E-state index is 10.8. The lowest BCUT2D eigenvalue weighted by atomic mass is 10.0. The third-order valence-corrected chi connectivity index (χ3v) is 4.09. The molecule has 1 aromatic carbocycles. The molecule has 1 heterocycles. The van der Waals surface area contributed by atoms with E-state index in [2.05, 4.69) is 28.2 Å². The fourth-order valence-electron chi connectivity index (χ4n) is 1.96. The van der Waals surface area contributed by atoms with Gasteiger partial charge >= 0.3 is 0 Å². The Balaban J connectivity index is 2.10. The highest BCUT2D eigenvalue weighted by Gasteiger charge is 2.29. The molecule has 0 spiro atoms. The van der Waals surface area contributed by atoms with E-state index in [4.69, 9.17) is 4.74 Å². The molecule has 0 aliphatic carbocycles. The highest BCUT2D eigenvalue weighted by Crippen LogP contribution is 2.29. The molecule has 0 saturated carbocycles. The van der Waals surface area contributed by atoms with Gasteiger partial charge in [-0.25, -0.2) is 0 Å². The van der Waals surface area contributed by atoms with Crippen LogP contribution >= 0.6 is 15.9 Å². The lowest BCUT2D eigenvalue weighted by Crippen LogP contribution is -2.42. The summed E-state index contributed by atoms with van der Waals surface area (Å²) in [7, 11) is 0. The molecule has 0 bridgehead atoms. The van der Waals surface area contributed by atoms with Gasteiger partial charge in [0.25, 0.3) is 5.69 Å². The lowest BCUT2D eigenvalue weighted by molar-refractivity contribution is -0.385. The molecule has 98 valence electrons.